The minimum atomic E-state index is -3.18. The maximum atomic E-state index is 11.9. The molecule has 0 saturated carbocycles. The summed E-state index contributed by atoms with van der Waals surface area (Å²) in [6, 6.07) is 6.62. The summed E-state index contributed by atoms with van der Waals surface area (Å²) in [5.41, 5.74) is -0.774. The van der Waals surface area contributed by atoms with E-state index in [0.29, 0.717) is 12.3 Å². The van der Waals surface area contributed by atoms with Crippen molar-refractivity contribution in [2.45, 2.75) is 29.2 Å². The van der Waals surface area contributed by atoms with Gasteiger partial charge in [-0.05, 0) is 37.7 Å². The number of benzene rings is 1. The highest BCUT2D eigenvalue weighted by atomic mass is 32.2. The second-order valence-corrected chi connectivity index (χ2v) is 7.95. The number of likely N-dealkylation sites (N-methyl/N-ethyl adjacent to an activating group) is 1. The lowest BCUT2D eigenvalue weighted by Gasteiger charge is -2.27. The van der Waals surface area contributed by atoms with Crippen LogP contribution >= 0.6 is 11.8 Å². The third-order valence-electron chi connectivity index (χ3n) is 2.98. The lowest BCUT2D eigenvalue weighted by molar-refractivity contribution is -0.146. The van der Waals surface area contributed by atoms with E-state index in [2.05, 4.69) is 5.32 Å². The molecule has 118 valence electrons. The van der Waals surface area contributed by atoms with Gasteiger partial charge in [0.25, 0.3) is 0 Å². The average molecular weight is 331 g/mol. The number of ether oxygens (including phenoxy) is 1. The molecule has 0 saturated heterocycles. The maximum absolute atomic E-state index is 11.9. The molecule has 5 nitrogen and oxygen atoms in total. The molecule has 0 aromatic heterocycles. The van der Waals surface area contributed by atoms with Crippen LogP contribution in [0.5, 0.6) is 0 Å². The molecule has 1 aromatic rings. The standard InChI is InChI=1S/C14H21NO4S2/c1-5-15-14(2,13(16)19-3)10-20-11-6-8-12(9-7-11)21(4,17)18/h6-9,15H,5,10H2,1-4H3. The van der Waals surface area contributed by atoms with E-state index in [-0.39, 0.29) is 10.9 Å². The van der Waals surface area contributed by atoms with Crippen LogP contribution in [0.3, 0.4) is 0 Å². The first-order valence-electron chi connectivity index (χ1n) is 6.49. The second-order valence-electron chi connectivity index (χ2n) is 4.89. The van der Waals surface area contributed by atoms with E-state index in [1.165, 1.54) is 25.1 Å². The van der Waals surface area contributed by atoms with Crippen molar-refractivity contribution >= 4 is 27.6 Å². The molecule has 7 heteroatoms. The van der Waals surface area contributed by atoms with Crippen LogP contribution in [0.2, 0.25) is 0 Å². The Hall–Kier alpha value is -1.05. The molecule has 1 rings (SSSR count). The molecule has 0 heterocycles. The fourth-order valence-corrected chi connectivity index (χ4v) is 3.44. The summed E-state index contributed by atoms with van der Waals surface area (Å²) >= 11 is 1.47. The highest BCUT2D eigenvalue weighted by Crippen LogP contribution is 2.24. The van der Waals surface area contributed by atoms with Crippen molar-refractivity contribution < 1.29 is 17.9 Å². The third-order valence-corrected chi connectivity index (χ3v) is 5.44. The SMILES string of the molecule is CCNC(C)(CSc1ccc(S(C)(=O)=O)cc1)C(=O)OC. The predicted octanol–water partition coefficient (Wildman–Crippen LogP) is 1.72. The fourth-order valence-electron chi connectivity index (χ4n) is 1.81. The zero-order valence-electron chi connectivity index (χ0n) is 12.7. The van der Waals surface area contributed by atoms with Gasteiger partial charge in [-0.2, -0.15) is 0 Å². The van der Waals surface area contributed by atoms with Crippen molar-refractivity contribution in [3.8, 4) is 0 Å². The van der Waals surface area contributed by atoms with Crippen LogP contribution in [0.25, 0.3) is 0 Å². The Morgan fingerprint density at radius 2 is 1.90 bits per heavy atom. The molecular weight excluding hydrogens is 310 g/mol. The molecule has 0 aliphatic rings. The molecule has 21 heavy (non-hydrogen) atoms. The van der Waals surface area contributed by atoms with Crippen molar-refractivity contribution in [3.05, 3.63) is 24.3 Å². The van der Waals surface area contributed by atoms with Crippen molar-refractivity contribution in [2.24, 2.45) is 0 Å². The molecule has 1 unspecified atom stereocenters. The molecule has 0 aliphatic heterocycles. The Labute approximate surface area is 130 Å². The zero-order valence-corrected chi connectivity index (χ0v) is 14.3. The first-order chi connectivity index (χ1) is 9.73. The third kappa shape index (κ3) is 5.01. The van der Waals surface area contributed by atoms with E-state index >= 15 is 0 Å². The molecule has 1 N–H and O–H groups in total. The van der Waals surface area contributed by atoms with Gasteiger partial charge in [0, 0.05) is 16.9 Å². The number of carbonyl (C=O) groups is 1. The number of nitrogens with one attached hydrogen (secondary N) is 1. The predicted molar refractivity (Wildman–Crippen MR) is 84.4 cm³/mol. The summed E-state index contributed by atoms with van der Waals surface area (Å²) in [6.45, 7) is 4.37. The summed E-state index contributed by atoms with van der Waals surface area (Å²) in [6.07, 6.45) is 1.18. The lowest BCUT2D eigenvalue weighted by Crippen LogP contribution is -2.52. The molecule has 0 fully saturated rings. The lowest BCUT2D eigenvalue weighted by atomic mass is 10.1. The number of carbonyl (C=O) groups excluding carboxylic acids is 1. The fraction of sp³-hybridized carbons (Fsp3) is 0.500. The van der Waals surface area contributed by atoms with Gasteiger partial charge < -0.3 is 10.1 Å². The normalized spacial score (nSPS) is 14.5. The summed E-state index contributed by atoms with van der Waals surface area (Å²) in [4.78, 5) is 13.0. The number of sulfone groups is 1. The molecule has 0 aliphatic carbocycles. The van der Waals surface area contributed by atoms with Crippen LogP contribution in [-0.4, -0.2) is 45.6 Å². The number of thioether (sulfide) groups is 1. The van der Waals surface area contributed by atoms with Gasteiger partial charge in [-0.25, -0.2) is 8.42 Å². The van der Waals surface area contributed by atoms with Gasteiger partial charge in [0.2, 0.25) is 0 Å². The number of rotatable bonds is 7. The van der Waals surface area contributed by atoms with E-state index < -0.39 is 15.4 Å². The first kappa shape index (κ1) is 18.0. The van der Waals surface area contributed by atoms with Gasteiger partial charge >= 0.3 is 5.97 Å². The molecule has 0 amide bonds. The molecule has 1 aromatic carbocycles. The maximum Gasteiger partial charge on any atom is 0.326 e. The summed E-state index contributed by atoms with van der Waals surface area (Å²) in [5, 5.41) is 3.12. The van der Waals surface area contributed by atoms with Crippen molar-refractivity contribution in [3.63, 3.8) is 0 Å². The van der Waals surface area contributed by atoms with Crippen molar-refractivity contribution in [1.82, 2.24) is 5.32 Å². The van der Waals surface area contributed by atoms with Crippen LogP contribution in [0, 0.1) is 0 Å². The van der Waals surface area contributed by atoms with Crippen molar-refractivity contribution in [2.75, 3.05) is 25.7 Å². The van der Waals surface area contributed by atoms with Crippen LogP contribution < -0.4 is 5.32 Å². The highest BCUT2D eigenvalue weighted by molar-refractivity contribution is 7.99. The van der Waals surface area contributed by atoms with Gasteiger partial charge in [-0.1, -0.05) is 6.92 Å². The van der Waals surface area contributed by atoms with Crippen LogP contribution in [0.1, 0.15) is 13.8 Å². The van der Waals surface area contributed by atoms with Gasteiger partial charge in [0.05, 0.1) is 12.0 Å². The first-order valence-corrected chi connectivity index (χ1v) is 9.37. The average Bonchev–Trinajstić information content (AvgIpc) is 2.44. The minimum Gasteiger partial charge on any atom is -0.468 e. The Kier molecular flexibility index (Phi) is 6.24. The number of esters is 1. The largest absolute Gasteiger partial charge is 0.468 e. The van der Waals surface area contributed by atoms with E-state index in [1.54, 1.807) is 31.2 Å². The van der Waals surface area contributed by atoms with Gasteiger partial charge in [0.1, 0.15) is 5.54 Å². The Morgan fingerprint density at radius 1 is 1.33 bits per heavy atom. The quantitative estimate of drug-likeness (QED) is 0.606. The Morgan fingerprint density at radius 3 is 2.33 bits per heavy atom. The van der Waals surface area contributed by atoms with E-state index in [0.717, 1.165) is 4.90 Å². The van der Waals surface area contributed by atoms with Crippen LogP contribution in [0.4, 0.5) is 0 Å². The molecule has 0 bridgehead atoms. The molecule has 1 atom stereocenters. The zero-order chi connectivity index (χ0) is 16.1. The second kappa shape index (κ2) is 7.29. The van der Waals surface area contributed by atoms with E-state index in [4.69, 9.17) is 4.74 Å². The number of methoxy groups -OCH3 is 1. The summed E-state index contributed by atoms with van der Waals surface area (Å²) in [7, 11) is -1.82. The van der Waals surface area contributed by atoms with E-state index in [1.807, 2.05) is 6.92 Å². The van der Waals surface area contributed by atoms with Crippen LogP contribution in [-0.2, 0) is 19.4 Å². The van der Waals surface area contributed by atoms with Crippen LogP contribution in [0.15, 0.2) is 34.1 Å². The minimum absolute atomic E-state index is 0.286. The van der Waals surface area contributed by atoms with Gasteiger partial charge in [-0.15, -0.1) is 11.8 Å². The number of hydrogen-bond acceptors (Lipinski definition) is 6. The topological polar surface area (TPSA) is 72.5 Å². The monoisotopic (exact) mass is 331 g/mol. The van der Waals surface area contributed by atoms with Gasteiger partial charge in [0.15, 0.2) is 9.84 Å². The molecule has 0 spiro atoms. The Bertz CT molecular complexity index is 583. The van der Waals surface area contributed by atoms with Crippen molar-refractivity contribution in [1.29, 1.82) is 0 Å². The van der Waals surface area contributed by atoms with E-state index in [9.17, 15) is 13.2 Å². The molecular formula is C14H21NO4S2. The highest BCUT2D eigenvalue weighted by Gasteiger charge is 2.33. The Balaban J connectivity index is 2.79. The summed E-state index contributed by atoms with van der Waals surface area (Å²) < 4.78 is 27.6. The van der Waals surface area contributed by atoms with Gasteiger partial charge in [-0.3, -0.25) is 4.79 Å². The molecule has 0 radical (unpaired) electrons. The number of hydrogen-bond donors (Lipinski definition) is 1. The summed E-state index contributed by atoms with van der Waals surface area (Å²) in [5.74, 6) is 0.177. The smallest absolute Gasteiger partial charge is 0.326 e.